The fourth-order valence-electron chi connectivity index (χ4n) is 4.12. The Morgan fingerprint density at radius 3 is 2.41 bits per heavy atom. The molecule has 2 heterocycles. The maximum atomic E-state index is 13.7. The van der Waals surface area contributed by atoms with E-state index in [1.54, 1.807) is 0 Å². The fourth-order valence-corrected chi connectivity index (χ4v) is 6.23. The van der Waals surface area contributed by atoms with E-state index in [2.05, 4.69) is 10.3 Å². The molecule has 1 aromatic heterocycles. The lowest BCUT2D eigenvalue weighted by Crippen LogP contribution is -2.48. The molecule has 2 amide bonds. The van der Waals surface area contributed by atoms with E-state index in [1.807, 2.05) is 65.4 Å². The van der Waals surface area contributed by atoms with Gasteiger partial charge in [-0.2, -0.15) is 18.2 Å². The van der Waals surface area contributed by atoms with Crippen LogP contribution in [-0.2, 0) is 27.3 Å². The van der Waals surface area contributed by atoms with Crippen LogP contribution in [0.15, 0.2) is 29.4 Å². The zero-order chi connectivity index (χ0) is 33.1. The largest absolute Gasteiger partial charge is 0.491 e. The summed E-state index contributed by atoms with van der Waals surface area (Å²) in [6, 6.07) is 1.76. The minimum atomic E-state index is -4.71. The molecule has 0 radical (unpaired) electrons. The number of halogens is 3. The van der Waals surface area contributed by atoms with E-state index in [0.29, 0.717) is 18.0 Å². The number of amides is 2. The molecule has 9 nitrogen and oxygen atoms in total. The molecule has 14 heteroatoms. The number of carbonyl (C=O) groups is 2. The number of carboxylic acid groups (broad SMARTS) is 1. The third-order valence-corrected chi connectivity index (χ3v) is 13.8. The second-order valence-electron chi connectivity index (χ2n) is 13.6. The molecule has 44 heavy (non-hydrogen) atoms. The Kier molecular flexibility index (Phi) is 11.2. The van der Waals surface area contributed by atoms with Crippen LogP contribution >= 0.6 is 11.3 Å². The summed E-state index contributed by atoms with van der Waals surface area (Å²) in [5, 5.41) is 11.6. The molecule has 0 aliphatic carbocycles. The molecule has 1 saturated heterocycles. The minimum absolute atomic E-state index is 0.00883. The van der Waals surface area contributed by atoms with Gasteiger partial charge in [0.1, 0.15) is 12.4 Å². The van der Waals surface area contributed by atoms with Crippen molar-refractivity contribution in [3.05, 3.63) is 45.2 Å². The van der Waals surface area contributed by atoms with E-state index in [9.17, 15) is 27.9 Å². The Bertz CT molecular complexity index is 1390. The second kappa shape index (κ2) is 13.8. The van der Waals surface area contributed by atoms with Gasteiger partial charge < -0.3 is 28.9 Å². The second-order valence-corrected chi connectivity index (χ2v) is 19.4. The lowest BCUT2D eigenvalue weighted by molar-refractivity contribution is -0.137. The first-order chi connectivity index (χ1) is 20.2. The van der Waals surface area contributed by atoms with Gasteiger partial charge in [-0.05, 0) is 54.6 Å². The van der Waals surface area contributed by atoms with Crippen molar-refractivity contribution in [2.45, 2.75) is 103 Å². The molecule has 0 bridgehead atoms. The maximum absolute atomic E-state index is 13.7. The molecule has 0 spiro atoms. The molecule has 2 atom stereocenters. The summed E-state index contributed by atoms with van der Waals surface area (Å²) in [5.41, 5.74) is -1.66. The van der Waals surface area contributed by atoms with E-state index in [0.717, 1.165) is 35.9 Å². The molecule has 1 fully saturated rings. The Morgan fingerprint density at radius 1 is 1.18 bits per heavy atom. The summed E-state index contributed by atoms with van der Waals surface area (Å²) in [7, 11) is -2.25. The highest BCUT2D eigenvalue weighted by Gasteiger charge is 2.38. The summed E-state index contributed by atoms with van der Waals surface area (Å²) < 4.78 is 60.6. The van der Waals surface area contributed by atoms with Crippen LogP contribution in [0.2, 0.25) is 18.1 Å². The highest BCUT2D eigenvalue weighted by molar-refractivity contribution is 7.09. The number of carbonyl (C=O) groups excluding carboxylic acids is 1. The minimum Gasteiger partial charge on any atom is -0.491 e. The topological polar surface area (TPSA) is 111 Å². The van der Waals surface area contributed by atoms with Crippen LogP contribution in [0.1, 0.15) is 75.2 Å². The first kappa shape index (κ1) is 35.8. The van der Waals surface area contributed by atoms with Gasteiger partial charge in [0.05, 0.1) is 36.4 Å². The Balaban J connectivity index is 1.97. The average Bonchev–Trinajstić information content (AvgIpc) is 3.54. The van der Waals surface area contributed by atoms with Crippen molar-refractivity contribution in [3.8, 4) is 5.75 Å². The number of benzene rings is 1. The molecule has 0 saturated carbocycles. The Morgan fingerprint density at radius 2 is 1.86 bits per heavy atom. The van der Waals surface area contributed by atoms with Crippen molar-refractivity contribution >= 4 is 31.7 Å². The van der Waals surface area contributed by atoms with E-state index in [-0.39, 0.29) is 41.1 Å². The van der Waals surface area contributed by atoms with Crippen LogP contribution < -0.4 is 14.9 Å². The first-order valence-electron chi connectivity index (χ1n) is 14.6. The van der Waals surface area contributed by atoms with Crippen molar-refractivity contribution in [2.24, 2.45) is 4.99 Å². The summed E-state index contributed by atoms with van der Waals surface area (Å²) in [6.45, 7) is 17.1. The summed E-state index contributed by atoms with van der Waals surface area (Å²) in [6.07, 6.45) is -2.37. The number of hydrogen-bond donors (Lipinski definition) is 2. The molecule has 0 unspecified atom stereocenters. The Labute approximate surface area is 261 Å². The predicted molar refractivity (Wildman–Crippen MR) is 165 cm³/mol. The predicted octanol–water partition coefficient (Wildman–Crippen LogP) is 6.82. The van der Waals surface area contributed by atoms with E-state index >= 15 is 0 Å². The number of ether oxygens (including phenoxy) is 2. The molecular formula is C30H44F3N3O6SSi. The van der Waals surface area contributed by atoms with E-state index in [1.165, 1.54) is 11.3 Å². The standard InChI is InChI=1S/C30H44F3N3O6SSi/c1-28(2,3)24-16-36(15-21-10-9-13-40-21)26(43-24)35-25(37)22-14-19(30(31,32)33)11-12-23(22)41-17-20(34-27(38)39)18-42-44(7,8)29(4,5)6/h11-12,14,16,20-21,34H,9-10,13,15,17-18H2,1-8H3,(H,38,39)/t20-,21+/m1/s1. The first-order valence-corrected chi connectivity index (χ1v) is 18.3. The van der Waals surface area contributed by atoms with Crippen LogP contribution in [0.3, 0.4) is 0 Å². The number of aromatic nitrogens is 1. The van der Waals surface area contributed by atoms with E-state index < -0.39 is 38.1 Å². The lowest BCUT2D eigenvalue weighted by atomic mass is 9.95. The van der Waals surface area contributed by atoms with Gasteiger partial charge in [-0.1, -0.05) is 41.5 Å². The van der Waals surface area contributed by atoms with Crippen molar-refractivity contribution in [3.63, 3.8) is 0 Å². The van der Waals surface area contributed by atoms with Crippen LogP contribution in [0.4, 0.5) is 18.0 Å². The van der Waals surface area contributed by atoms with Gasteiger partial charge in [-0.25, -0.2) is 4.79 Å². The quantitative estimate of drug-likeness (QED) is 0.271. The highest BCUT2D eigenvalue weighted by Crippen LogP contribution is 2.37. The number of hydrogen-bond acceptors (Lipinski definition) is 6. The zero-order valence-electron chi connectivity index (χ0n) is 26.6. The van der Waals surface area contributed by atoms with Gasteiger partial charge in [-0.15, -0.1) is 11.3 Å². The highest BCUT2D eigenvalue weighted by atomic mass is 32.1. The number of alkyl halides is 3. The molecule has 246 valence electrons. The van der Waals surface area contributed by atoms with Gasteiger partial charge in [0.15, 0.2) is 13.1 Å². The van der Waals surface area contributed by atoms with Gasteiger partial charge >= 0.3 is 12.3 Å². The van der Waals surface area contributed by atoms with Gasteiger partial charge in [0.25, 0.3) is 5.91 Å². The van der Waals surface area contributed by atoms with Crippen LogP contribution in [-0.4, -0.2) is 62.0 Å². The Hall–Kier alpha value is -2.68. The fraction of sp³-hybridized carbons (Fsp3) is 0.633. The van der Waals surface area contributed by atoms with Crippen LogP contribution in [0, 0.1) is 0 Å². The normalized spacial score (nSPS) is 17.5. The van der Waals surface area contributed by atoms with Crippen molar-refractivity contribution < 1.29 is 41.8 Å². The molecule has 2 aromatic rings. The van der Waals surface area contributed by atoms with Crippen LogP contribution in [0.5, 0.6) is 5.75 Å². The maximum Gasteiger partial charge on any atom is 0.416 e. The van der Waals surface area contributed by atoms with Gasteiger partial charge in [0, 0.05) is 17.7 Å². The van der Waals surface area contributed by atoms with Crippen molar-refractivity contribution in [1.82, 2.24) is 9.88 Å². The molecule has 3 rings (SSSR count). The lowest BCUT2D eigenvalue weighted by Gasteiger charge is -2.37. The molecular weight excluding hydrogens is 615 g/mol. The third-order valence-electron chi connectivity index (χ3n) is 7.84. The van der Waals surface area contributed by atoms with Crippen molar-refractivity contribution in [1.29, 1.82) is 0 Å². The summed E-state index contributed by atoms with van der Waals surface area (Å²) in [4.78, 5) is 30.6. The smallest absolute Gasteiger partial charge is 0.416 e. The summed E-state index contributed by atoms with van der Waals surface area (Å²) >= 11 is 1.29. The van der Waals surface area contributed by atoms with Gasteiger partial charge in [-0.3, -0.25) is 4.79 Å². The number of nitrogens with one attached hydrogen (secondary N) is 1. The summed E-state index contributed by atoms with van der Waals surface area (Å²) in [5.74, 6) is -1.05. The number of nitrogens with zero attached hydrogens (tertiary/aromatic N) is 2. The molecule has 1 aromatic carbocycles. The zero-order valence-corrected chi connectivity index (χ0v) is 28.4. The molecule has 2 N–H and O–H groups in total. The SMILES string of the molecule is CC(C)(C)c1cn(C[C@@H]2CCCO2)c(=NC(=O)c2cc(C(F)(F)F)ccc2OC[C@H](CO[Si](C)(C)C(C)(C)C)NC(=O)O)s1. The number of rotatable bonds is 10. The molecule has 1 aliphatic heterocycles. The van der Waals surface area contributed by atoms with Crippen molar-refractivity contribution in [2.75, 3.05) is 19.8 Å². The third kappa shape index (κ3) is 9.66. The van der Waals surface area contributed by atoms with Crippen LogP contribution in [0.25, 0.3) is 0 Å². The molecule has 1 aliphatic rings. The average molecular weight is 660 g/mol. The monoisotopic (exact) mass is 659 g/mol. The van der Waals surface area contributed by atoms with Gasteiger partial charge in [0.2, 0.25) is 0 Å². The van der Waals surface area contributed by atoms with E-state index in [4.69, 9.17) is 13.9 Å². The number of thiazole rings is 1.